The predicted molar refractivity (Wildman–Crippen MR) is 75.4 cm³/mol. The van der Waals surface area contributed by atoms with Crippen molar-refractivity contribution in [2.24, 2.45) is 0 Å². The molecule has 1 aromatic carbocycles. The number of benzene rings is 1. The van der Waals surface area contributed by atoms with Crippen LogP contribution < -0.4 is 0 Å². The van der Waals surface area contributed by atoms with E-state index in [0.717, 1.165) is 5.57 Å². The molecule has 0 saturated carbocycles. The highest BCUT2D eigenvalue weighted by Gasteiger charge is 2.07. The Morgan fingerprint density at radius 2 is 1.53 bits per heavy atom. The number of aliphatic hydroxyl groups excluding tert-OH is 1. The van der Waals surface area contributed by atoms with Crippen molar-refractivity contribution in [2.75, 3.05) is 6.61 Å². The highest BCUT2D eigenvalue weighted by atomic mass is 16.2. The van der Waals surface area contributed by atoms with E-state index in [0.29, 0.717) is 11.8 Å². The predicted octanol–water partition coefficient (Wildman–Crippen LogP) is 4.33. The molecule has 1 rings (SSSR count). The van der Waals surface area contributed by atoms with E-state index in [9.17, 15) is 0 Å². The first-order valence-corrected chi connectivity index (χ1v) is 6.38. The molecular weight excluding hydrogens is 208 g/mol. The zero-order valence-electron chi connectivity index (χ0n) is 11.6. The highest BCUT2D eigenvalue weighted by Crippen LogP contribution is 2.26. The number of aliphatic hydroxyl groups is 1. The van der Waals surface area contributed by atoms with Gasteiger partial charge in [-0.3, -0.25) is 0 Å². The topological polar surface area (TPSA) is 20.2 Å². The van der Waals surface area contributed by atoms with Gasteiger partial charge in [0.1, 0.15) is 0 Å². The summed E-state index contributed by atoms with van der Waals surface area (Å²) in [6, 6.07) is 6.77. The summed E-state index contributed by atoms with van der Waals surface area (Å²) >= 11 is 0. The summed E-state index contributed by atoms with van der Waals surface area (Å²) < 4.78 is 0. The summed E-state index contributed by atoms with van der Waals surface area (Å²) in [5.74, 6) is 1.07. The van der Waals surface area contributed by atoms with Gasteiger partial charge in [-0.05, 0) is 41.0 Å². The minimum Gasteiger partial charge on any atom is -0.392 e. The summed E-state index contributed by atoms with van der Waals surface area (Å²) in [7, 11) is 0. The van der Waals surface area contributed by atoms with Gasteiger partial charge in [-0.2, -0.15) is 0 Å². The molecule has 1 N–H and O–H groups in total. The summed E-state index contributed by atoms with van der Waals surface area (Å²) in [6.07, 6.45) is 1.86. The maximum Gasteiger partial charge on any atom is 0.0618 e. The standard InChI is InChI=1S/C16H24O/c1-11(2)14-8-15(12(3)4)10-16(9-14)13(5)6-7-17/h6,8-12,17H,7H2,1-5H3/b13-6+. The fraction of sp³-hybridized carbons (Fsp3) is 0.500. The van der Waals surface area contributed by atoms with Gasteiger partial charge in [0.25, 0.3) is 0 Å². The quantitative estimate of drug-likeness (QED) is 0.819. The Hall–Kier alpha value is -1.08. The van der Waals surface area contributed by atoms with E-state index in [2.05, 4.69) is 52.8 Å². The van der Waals surface area contributed by atoms with Crippen molar-refractivity contribution in [3.63, 3.8) is 0 Å². The van der Waals surface area contributed by atoms with Crippen LogP contribution in [0.5, 0.6) is 0 Å². The number of hydrogen-bond acceptors (Lipinski definition) is 1. The molecule has 0 fully saturated rings. The smallest absolute Gasteiger partial charge is 0.0618 e. The van der Waals surface area contributed by atoms with Crippen molar-refractivity contribution in [2.45, 2.75) is 46.5 Å². The second-order valence-electron chi connectivity index (χ2n) is 5.27. The average molecular weight is 232 g/mol. The molecule has 94 valence electrons. The third kappa shape index (κ3) is 3.71. The molecule has 1 nitrogen and oxygen atoms in total. The molecule has 0 aromatic heterocycles. The Morgan fingerprint density at radius 1 is 1.06 bits per heavy atom. The lowest BCUT2D eigenvalue weighted by Gasteiger charge is -2.14. The van der Waals surface area contributed by atoms with Crippen LogP contribution in [0.4, 0.5) is 0 Å². The van der Waals surface area contributed by atoms with Gasteiger partial charge in [0.2, 0.25) is 0 Å². The van der Waals surface area contributed by atoms with Crippen molar-refractivity contribution in [3.05, 3.63) is 41.0 Å². The van der Waals surface area contributed by atoms with Crippen LogP contribution in [0.3, 0.4) is 0 Å². The minimum atomic E-state index is 0.106. The molecule has 0 atom stereocenters. The van der Waals surface area contributed by atoms with Crippen LogP contribution in [0, 0.1) is 0 Å². The third-order valence-electron chi connectivity index (χ3n) is 3.16. The first kappa shape index (κ1) is 14.0. The Morgan fingerprint density at radius 3 is 1.88 bits per heavy atom. The fourth-order valence-electron chi connectivity index (χ4n) is 1.83. The lowest BCUT2D eigenvalue weighted by atomic mass is 9.91. The number of hydrogen-bond donors (Lipinski definition) is 1. The summed E-state index contributed by atoms with van der Waals surface area (Å²) in [5, 5.41) is 8.98. The van der Waals surface area contributed by atoms with Gasteiger partial charge >= 0.3 is 0 Å². The van der Waals surface area contributed by atoms with E-state index in [4.69, 9.17) is 5.11 Å². The molecule has 0 unspecified atom stereocenters. The Balaban J connectivity index is 3.26. The van der Waals surface area contributed by atoms with E-state index in [1.165, 1.54) is 16.7 Å². The van der Waals surface area contributed by atoms with Crippen LogP contribution in [0.15, 0.2) is 24.3 Å². The van der Waals surface area contributed by atoms with Crippen molar-refractivity contribution in [3.8, 4) is 0 Å². The van der Waals surface area contributed by atoms with Crippen LogP contribution >= 0.6 is 0 Å². The Bertz CT molecular complexity index is 374. The van der Waals surface area contributed by atoms with Crippen molar-refractivity contribution in [1.29, 1.82) is 0 Å². The third-order valence-corrected chi connectivity index (χ3v) is 3.16. The van der Waals surface area contributed by atoms with E-state index >= 15 is 0 Å². The zero-order chi connectivity index (χ0) is 13.0. The number of allylic oxidation sites excluding steroid dienone is 1. The largest absolute Gasteiger partial charge is 0.392 e. The van der Waals surface area contributed by atoms with Gasteiger partial charge in [0, 0.05) is 0 Å². The van der Waals surface area contributed by atoms with Crippen LogP contribution in [0.1, 0.15) is 63.1 Å². The monoisotopic (exact) mass is 232 g/mol. The van der Waals surface area contributed by atoms with Gasteiger partial charge in [-0.15, -0.1) is 0 Å². The average Bonchev–Trinajstić information content (AvgIpc) is 2.28. The minimum absolute atomic E-state index is 0.106. The van der Waals surface area contributed by atoms with Gasteiger partial charge < -0.3 is 5.11 Å². The number of rotatable bonds is 4. The molecule has 1 heteroatoms. The Kier molecular flexibility index (Phi) is 4.95. The zero-order valence-corrected chi connectivity index (χ0v) is 11.6. The van der Waals surface area contributed by atoms with Crippen molar-refractivity contribution >= 4 is 5.57 Å². The first-order chi connectivity index (χ1) is 7.95. The summed E-state index contributed by atoms with van der Waals surface area (Å²) in [4.78, 5) is 0. The summed E-state index contributed by atoms with van der Waals surface area (Å²) in [5.41, 5.74) is 5.12. The molecule has 0 amide bonds. The lowest BCUT2D eigenvalue weighted by molar-refractivity contribution is 0.343. The molecule has 0 radical (unpaired) electrons. The van der Waals surface area contributed by atoms with Crippen LogP contribution in [-0.2, 0) is 0 Å². The maximum absolute atomic E-state index is 8.98. The highest BCUT2D eigenvalue weighted by molar-refractivity contribution is 5.65. The van der Waals surface area contributed by atoms with E-state index in [1.807, 2.05) is 6.08 Å². The molecule has 1 aromatic rings. The second-order valence-corrected chi connectivity index (χ2v) is 5.27. The molecule has 0 aliphatic rings. The van der Waals surface area contributed by atoms with E-state index < -0.39 is 0 Å². The second kappa shape index (κ2) is 6.02. The van der Waals surface area contributed by atoms with Crippen molar-refractivity contribution in [1.82, 2.24) is 0 Å². The molecular formula is C16H24O. The van der Waals surface area contributed by atoms with Gasteiger partial charge in [-0.1, -0.05) is 52.0 Å². The first-order valence-electron chi connectivity index (χ1n) is 6.38. The molecule has 0 spiro atoms. The Labute approximate surface area is 105 Å². The van der Waals surface area contributed by atoms with Crippen LogP contribution in [0.2, 0.25) is 0 Å². The normalized spacial score (nSPS) is 12.6. The van der Waals surface area contributed by atoms with E-state index in [-0.39, 0.29) is 6.61 Å². The van der Waals surface area contributed by atoms with Crippen molar-refractivity contribution < 1.29 is 5.11 Å². The van der Waals surface area contributed by atoms with Gasteiger partial charge in [-0.25, -0.2) is 0 Å². The maximum atomic E-state index is 8.98. The molecule has 0 aliphatic heterocycles. The molecule has 0 bridgehead atoms. The fourth-order valence-corrected chi connectivity index (χ4v) is 1.83. The SMILES string of the molecule is C/C(=C\CO)c1cc(C(C)C)cc(C(C)C)c1. The molecule has 0 saturated heterocycles. The lowest BCUT2D eigenvalue weighted by Crippen LogP contribution is -1.96. The van der Waals surface area contributed by atoms with Crippen LogP contribution in [-0.4, -0.2) is 11.7 Å². The van der Waals surface area contributed by atoms with Crippen LogP contribution in [0.25, 0.3) is 5.57 Å². The summed E-state index contributed by atoms with van der Waals surface area (Å²) in [6.45, 7) is 11.0. The molecule has 17 heavy (non-hydrogen) atoms. The van der Waals surface area contributed by atoms with Gasteiger partial charge in [0.05, 0.1) is 6.61 Å². The van der Waals surface area contributed by atoms with Gasteiger partial charge in [0.15, 0.2) is 0 Å². The molecule has 0 aliphatic carbocycles. The van der Waals surface area contributed by atoms with E-state index in [1.54, 1.807) is 0 Å². The molecule has 0 heterocycles.